The van der Waals surface area contributed by atoms with Crippen molar-refractivity contribution in [2.24, 2.45) is 5.92 Å². The summed E-state index contributed by atoms with van der Waals surface area (Å²) < 4.78 is 21.6. The van der Waals surface area contributed by atoms with Crippen LogP contribution in [0, 0.1) is 5.92 Å². The van der Waals surface area contributed by atoms with Gasteiger partial charge in [-0.25, -0.2) is 0 Å². The molecule has 2 rings (SSSR count). The molecule has 4 nitrogen and oxygen atoms in total. The van der Waals surface area contributed by atoms with Gasteiger partial charge in [-0.1, -0.05) is 49.8 Å². The van der Waals surface area contributed by atoms with Crippen LogP contribution in [0.4, 0.5) is 0 Å². The van der Waals surface area contributed by atoms with Gasteiger partial charge in [-0.05, 0) is 28.7 Å². The molecule has 1 atom stereocenters. The molecule has 0 bridgehead atoms. The molecular weight excluding hydrogens is 340 g/mol. The minimum absolute atomic E-state index is 0.106. The number of rotatable bonds is 10. The first kappa shape index (κ1) is 21.8. The van der Waals surface area contributed by atoms with Gasteiger partial charge in [0.25, 0.3) is 0 Å². The number of hydrogen-bond acceptors (Lipinski definition) is 4. The van der Waals surface area contributed by atoms with Crippen molar-refractivity contribution in [1.82, 2.24) is 0 Å². The van der Waals surface area contributed by atoms with Crippen LogP contribution in [0.3, 0.4) is 0 Å². The smallest absolute Gasteiger partial charge is 0.0713 e. The Labute approximate surface area is 164 Å². The van der Waals surface area contributed by atoms with Crippen LogP contribution in [-0.2, 0) is 37.6 Å². The Hall–Kier alpha value is -1.46. The number of ether oxygens (including phenoxy) is 4. The molecule has 0 spiro atoms. The maximum Gasteiger partial charge on any atom is 0.0713 e. The van der Waals surface area contributed by atoms with Crippen molar-refractivity contribution < 1.29 is 18.9 Å². The maximum atomic E-state index is 5.43. The Bertz CT molecular complexity index is 649. The predicted molar refractivity (Wildman–Crippen MR) is 109 cm³/mol. The molecule has 150 valence electrons. The topological polar surface area (TPSA) is 36.9 Å². The fourth-order valence-electron chi connectivity index (χ4n) is 3.80. The second-order valence-corrected chi connectivity index (χ2v) is 7.79. The third-order valence-electron chi connectivity index (χ3n) is 5.18. The van der Waals surface area contributed by atoms with E-state index in [2.05, 4.69) is 44.2 Å². The molecule has 1 unspecified atom stereocenters. The van der Waals surface area contributed by atoms with Crippen LogP contribution in [0.2, 0.25) is 0 Å². The summed E-state index contributed by atoms with van der Waals surface area (Å²) in [7, 11) is 6.96. The van der Waals surface area contributed by atoms with E-state index in [-0.39, 0.29) is 5.41 Å². The lowest BCUT2D eigenvalue weighted by atomic mass is 9.71. The van der Waals surface area contributed by atoms with Crippen molar-refractivity contribution in [3.8, 4) is 0 Å². The number of allylic oxidation sites excluding steroid dienone is 1. The molecule has 1 aromatic rings. The van der Waals surface area contributed by atoms with E-state index in [9.17, 15) is 0 Å². The van der Waals surface area contributed by atoms with E-state index >= 15 is 0 Å². The maximum absolute atomic E-state index is 5.43. The van der Waals surface area contributed by atoms with E-state index in [1.54, 1.807) is 28.4 Å². The number of methoxy groups -OCH3 is 4. The van der Waals surface area contributed by atoms with Gasteiger partial charge in [0.15, 0.2) is 0 Å². The zero-order chi connectivity index (χ0) is 19.9. The third kappa shape index (κ3) is 5.76. The van der Waals surface area contributed by atoms with Gasteiger partial charge in [-0.3, -0.25) is 0 Å². The number of hydrogen-bond donors (Lipinski definition) is 0. The van der Waals surface area contributed by atoms with Crippen LogP contribution in [0.5, 0.6) is 0 Å². The molecule has 0 aromatic heterocycles. The summed E-state index contributed by atoms with van der Waals surface area (Å²) in [5.74, 6) is 0.375. The van der Waals surface area contributed by atoms with Crippen molar-refractivity contribution in [2.75, 3.05) is 41.7 Å². The summed E-state index contributed by atoms with van der Waals surface area (Å²) in [5.41, 5.74) is 6.15. The molecule has 0 heterocycles. The van der Waals surface area contributed by atoms with Crippen molar-refractivity contribution in [3.05, 3.63) is 58.2 Å². The minimum atomic E-state index is -0.106. The third-order valence-corrected chi connectivity index (χ3v) is 5.18. The Morgan fingerprint density at radius 2 is 1.44 bits per heavy atom. The van der Waals surface area contributed by atoms with Crippen LogP contribution in [0.1, 0.15) is 37.0 Å². The van der Waals surface area contributed by atoms with Gasteiger partial charge >= 0.3 is 0 Å². The van der Waals surface area contributed by atoms with Crippen molar-refractivity contribution in [3.63, 3.8) is 0 Å². The van der Waals surface area contributed by atoms with Crippen LogP contribution >= 0.6 is 0 Å². The van der Waals surface area contributed by atoms with Crippen molar-refractivity contribution >= 4 is 0 Å². The lowest BCUT2D eigenvalue weighted by Crippen LogP contribution is -2.26. The van der Waals surface area contributed by atoms with Crippen LogP contribution in [-0.4, -0.2) is 41.7 Å². The molecule has 0 amide bonds. The average Bonchev–Trinajstić information content (AvgIpc) is 2.62. The fraction of sp³-hybridized carbons (Fsp3) is 0.565. The summed E-state index contributed by atoms with van der Waals surface area (Å²) >= 11 is 0. The molecule has 1 aliphatic rings. The molecule has 0 radical (unpaired) electrons. The summed E-state index contributed by atoms with van der Waals surface area (Å²) in [5, 5.41) is 0. The van der Waals surface area contributed by atoms with Gasteiger partial charge < -0.3 is 18.9 Å². The Morgan fingerprint density at radius 3 is 1.96 bits per heavy atom. The van der Waals surface area contributed by atoms with Gasteiger partial charge in [-0.2, -0.15) is 0 Å². The lowest BCUT2D eigenvalue weighted by molar-refractivity contribution is 0.166. The highest BCUT2D eigenvalue weighted by atomic mass is 16.5. The normalized spacial score (nSPS) is 17.6. The zero-order valence-corrected chi connectivity index (χ0v) is 17.6. The van der Waals surface area contributed by atoms with Crippen molar-refractivity contribution in [2.45, 2.75) is 38.9 Å². The highest BCUT2D eigenvalue weighted by molar-refractivity contribution is 5.44. The first-order valence-corrected chi connectivity index (χ1v) is 9.45. The largest absolute Gasteiger partial charge is 0.384 e. The molecule has 1 aromatic carbocycles. The molecule has 0 saturated heterocycles. The van der Waals surface area contributed by atoms with E-state index in [1.807, 2.05) is 0 Å². The quantitative estimate of drug-likeness (QED) is 0.607. The summed E-state index contributed by atoms with van der Waals surface area (Å²) in [6, 6.07) is 6.66. The van der Waals surface area contributed by atoms with E-state index in [0.717, 1.165) is 13.0 Å². The van der Waals surface area contributed by atoms with Gasteiger partial charge in [-0.15, -0.1) is 0 Å². The fourth-order valence-corrected chi connectivity index (χ4v) is 3.80. The molecule has 0 aliphatic heterocycles. The van der Waals surface area contributed by atoms with Gasteiger partial charge in [0, 0.05) is 39.8 Å². The zero-order valence-electron chi connectivity index (χ0n) is 17.6. The van der Waals surface area contributed by atoms with Gasteiger partial charge in [0.05, 0.1) is 26.4 Å². The van der Waals surface area contributed by atoms with E-state index in [4.69, 9.17) is 18.9 Å². The number of benzene rings is 1. The first-order valence-electron chi connectivity index (χ1n) is 9.45. The van der Waals surface area contributed by atoms with Crippen molar-refractivity contribution in [1.29, 1.82) is 0 Å². The summed E-state index contributed by atoms with van der Waals surface area (Å²) in [4.78, 5) is 0. The molecule has 0 saturated carbocycles. The molecule has 0 N–H and O–H groups in total. The SMILES string of the molecule is COCC1=CC(COC)CC(C(C)(C)c2cc(COC)cc(COC)c2)=C1. The van der Waals surface area contributed by atoms with Gasteiger partial charge in [0.2, 0.25) is 0 Å². The first-order chi connectivity index (χ1) is 12.9. The minimum Gasteiger partial charge on any atom is -0.384 e. The molecule has 1 aliphatic carbocycles. The second-order valence-electron chi connectivity index (χ2n) is 7.79. The molecule has 27 heavy (non-hydrogen) atoms. The predicted octanol–water partition coefficient (Wildman–Crippen LogP) is 4.42. The average molecular weight is 375 g/mol. The summed E-state index contributed by atoms with van der Waals surface area (Å²) in [6.45, 7) is 7.13. The molecule has 4 heteroatoms. The molecule has 0 fully saturated rings. The Morgan fingerprint density at radius 1 is 0.852 bits per heavy atom. The van der Waals surface area contributed by atoms with Crippen LogP contribution in [0.15, 0.2) is 41.5 Å². The monoisotopic (exact) mass is 374 g/mol. The standard InChI is InChI=1S/C23H34O4/c1-23(2,21-9-17(13-24-3)7-18(10-21)14-25-4)22-11-19(15-26-5)8-20(12-22)16-27-6/h7-11,20H,12-16H2,1-6H3. The van der Waals surface area contributed by atoms with E-state index in [0.29, 0.717) is 25.7 Å². The summed E-state index contributed by atoms with van der Waals surface area (Å²) in [6.07, 6.45) is 5.57. The van der Waals surface area contributed by atoms with E-state index in [1.165, 1.54) is 27.8 Å². The molecular formula is C23H34O4. The highest BCUT2D eigenvalue weighted by Gasteiger charge is 2.30. The highest BCUT2D eigenvalue weighted by Crippen LogP contribution is 2.39. The van der Waals surface area contributed by atoms with Gasteiger partial charge in [0.1, 0.15) is 0 Å². The lowest BCUT2D eigenvalue weighted by Gasteiger charge is -2.34. The second kappa shape index (κ2) is 10.2. The Kier molecular flexibility index (Phi) is 8.24. The Balaban J connectivity index is 2.41. The van der Waals surface area contributed by atoms with Crippen LogP contribution in [0.25, 0.3) is 0 Å². The van der Waals surface area contributed by atoms with Crippen LogP contribution < -0.4 is 0 Å². The van der Waals surface area contributed by atoms with E-state index < -0.39 is 0 Å².